The molecular weight excluding hydrogens is 280 g/mol. The SMILES string of the molecule is O=C1C=CC(CCOC(=O)C2=COc3ccccc3C2)=CC1. The highest BCUT2D eigenvalue weighted by Crippen LogP contribution is 2.26. The van der Waals surface area contributed by atoms with Gasteiger partial charge in [-0.3, -0.25) is 4.79 Å². The van der Waals surface area contributed by atoms with E-state index in [1.54, 1.807) is 12.2 Å². The molecule has 0 radical (unpaired) electrons. The lowest BCUT2D eigenvalue weighted by Crippen LogP contribution is -2.15. The van der Waals surface area contributed by atoms with E-state index in [1.807, 2.05) is 30.3 Å². The lowest BCUT2D eigenvalue weighted by Gasteiger charge is -2.16. The number of esters is 1. The first-order valence-electron chi connectivity index (χ1n) is 7.23. The summed E-state index contributed by atoms with van der Waals surface area (Å²) in [6.07, 6.45) is 8.23. The molecule has 1 heterocycles. The van der Waals surface area contributed by atoms with Gasteiger partial charge >= 0.3 is 5.97 Å². The van der Waals surface area contributed by atoms with E-state index in [-0.39, 0.29) is 11.8 Å². The highest BCUT2D eigenvalue weighted by atomic mass is 16.5. The fraction of sp³-hybridized carbons (Fsp3) is 0.222. The zero-order valence-corrected chi connectivity index (χ0v) is 12.1. The second-order valence-electron chi connectivity index (χ2n) is 5.21. The van der Waals surface area contributed by atoms with Crippen molar-refractivity contribution in [3.05, 3.63) is 65.5 Å². The van der Waals surface area contributed by atoms with Crippen LogP contribution < -0.4 is 4.74 Å². The van der Waals surface area contributed by atoms with Gasteiger partial charge in [-0.05, 0) is 23.3 Å². The van der Waals surface area contributed by atoms with Crippen molar-refractivity contribution in [3.8, 4) is 5.75 Å². The Kier molecular flexibility index (Phi) is 4.19. The van der Waals surface area contributed by atoms with E-state index in [2.05, 4.69) is 0 Å². The first-order valence-corrected chi connectivity index (χ1v) is 7.23. The summed E-state index contributed by atoms with van der Waals surface area (Å²) in [7, 11) is 0. The summed E-state index contributed by atoms with van der Waals surface area (Å²) in [6, 6.07) is 7.62. The number of ether oxygens (including phenoxy) is 2. The van der Waals surface area contributed by atoms with Gasteiger partial charge in [0.2, 0.25) is 0 Å². The van der Waals surface area contributed by atoms with E-state index in [0.29, 0.717) is 31.4 Å². The summed E-state index contributed by atoms with van der Waals surface area (Å²) in [6.45, 7) is 0.294. The summed E-state index contributed by atoms with van der Waals surface area (Å²) in [5, 5.41) is 0. The molecule has 2 aliphatic rings. The summed E-state index contributed by atoms with van der Waals surface area (Å²) in [5.41, 5.74) is 2.52. The molecule has 1 aromatic carbocycles. The Morgan fingerprint density at radius 3 is 2.91 bits per heavy atom. The molecule has 4 heteroatoms. The van der Waals surface area contributed by atoms with Crippen LogP contribution in [0.3, 0.4) is 0 Å². The average molecular weight is 296 g/mol. The van der Waals surface area contributed by atoms with Gasteiger partial charge in [-0.1, -0.05) is 30.4 Å². The molecule has 112 valence electrons. The molecule has 0 aromatic heterocycles. The Morgan fingerprint density at radius 2 is 2.09 bits per heavy atom. The number of allylic oxidation sites excluding steroid dienone is 3. The fourth-order valence-corrected chi connectivity index (χ4v) is 2.37. The second-order valence-corrected chi connectivity index (χ2v) is 5.21. The Hall–Kier alpha value is -2.62. The van der Waals surface area contributed by atoms with Crippen molar-refractivity contribution >= 4 is 11.8 Å². The number of fused-ring (bicyclic) bond motifs is 1. The van der Waals surface area contributed by atoms with Crippen molar-refractivity contribution < 1.29 is 19.1 Å². The fourth-order valence-electron chi connectivity index (χ4n) is 2.37. The van der Waals surface area contributed by atoms with Crippen LogP contribution in [0, 0.1) is 0 Å². The van der Waals surface area contributed by atoms with Gasteiger partial charge < -0.3 is 9.47 Å². The maximum absolute atomic E-state index is 12.0. The summed E-state index contributed by atoms with van der Waals surface area (Å²) in [5.74, 6) is 0.524. The molecule has 0 amide bonds. The van der Waals surface area contributed by atoms with E-state index < -0.39 is 0 Å². The normalized spacial score (nSPS) is 16.3. The average Bonchev–Trinajstić information content (AvgIpc) is 2.56. The van der Waals surface area contributed by atoms with Crippen molar-refractivity contribution in [1.82, 2.24) is 0 Å². The zero-order chi connectivity index (χ0) is 15.4. The van der Waals surface area contributed by atoms with E-state index >= 15 is 0 Å². The minimum Gasteiger partial charge on any atom is -0.464 e. The van der Waals surface area contributed by atoms with Crippen LogP contribution in [-0.4, -0.2) is 18.4 Å². The third-order valence-corrected chi connectivity index (χ3v) is 3.62. The molecule has 0 saturated heterocycles. The molecule has 0 bridgehead atoms. The molecule has 0 saturated carbocycles. The largest absolute Gasteiger partial charge is 0.464 e. The van der Waals surface area contributed by atoms with Gasteiger partial charge in [-0.25, -0.2) is 4.79 Å². The van der Waals surface area contributed by atoms with Crippen LogP contribution in [0.15, 0.2) is 59.9 Å². The monoisotopic (exact) mass is 296 g/mol. The summed E-state index contributed by atoms with van der Waals surface area (Å²) < 4.78 is 10.7. The number of carbonyl (C=O) groups excluding carboxylic acids is 2. The third kappa shape index (κ3) is 3.34. The standard InChI is InChI=1S/C18H16O4/c19-16-7-5-13(6-8-16)9-10-21-18(20)15-11-14-3-1-2-4-17(14)22-12-15/h1-7,12H,8-11H2. The number of ketones is 1. The molecule has 0 unspecified atom stereocenters. The van der Waals surface area contributed by atoms with E-state index in [0.717, 1.165) is 16.9 Å². The van der Waals surface area contributed by atoms with Crippen LogP contribution in [0.25, 0.3) is 0 Å². The first kappa shape index (κ1) is 14.3. The van der Waals surface area contributed by atoms with Crippen LogP contribution in [0.5, 0.6) is 5.75 Å². The van der Waals surface area contributed by atoms with Crippen LogP contribution in [0.4, 0.5) is 0 Å². The van der Waals surface area contributed by atoms with E-state index in [4.69, 9.17) is 9.47 Å². The van der Waals surface area contributed by atoms with Crippen LogP contribution >= 0.6 is 0 Å². The van der Waals surface area contributed by atoms with Gasteiger partial charge in [0, 0.05) is 19.3 Å². The molecule has 1 aliphatic carbocycles. The minimum atomic E-state index is -0.356. The molecule has 3 rings (SSSR count). The van der Waals surface area contributed by atoms with Crippen molar-refractivity contribution in [2.45, 2.75) is 19.3 Å². The molecule has 4 nitrogen and oxygen atoms in total. The molecule has 0 spiro atoms. The van der Waals surface area contributed by atoms with Crippen molar-refractivity contribution in [1.29, 1.82) is 0 Å². The molecule has 1 aliphatic heterocycles. The molecule has 0 atom stereocenters. The van der Waals surface area contributed by atoms with Crippen LogP contribution in [0.1, 0.15) is 18.4 Å². The maximum atomic E-state index is 12.0. The van der Waals surface area contributed by atoms with Crippen LogP contribution in [0.2, 0.25) is 0 Å². The van der Waals surface area contributed by atoms with Gasteiger partial charge in [0.1, 0.15) is 12.0 Å². The maximum Gasteiger partial charge on any atom is 0.337 e. The van der Waals surface area contributed by atoms with Gasteiger partial charge in [-0.2, -0.15) is 0 Å². The quantitative estimate of drug-likeness (QED) is 0.802. The van der Waals surface area contributed by atoms with Gasteiger partial charge in [0.25, 0.3) is 0 Å². The highest BCUT2D eigenvalue weighted by molar-refractivity contribution is 5.92. The number of rotatable bonds is 4. The van der Waals surface area contributed by atoms with Gasteiger partial charge in [0.15, 0.2) is 5.78 Å². The molecule has 22 heavy (non-hydrogen) atoms. The first-order chi connectivity index (χ1) is 10.7. The topological polar surface area (TPSA) is 52.6 Å². The summed E-state index contributed by atoms with van der Waals surface area (Å²) in [4.78, 5) is 23.1. The highest BCUT2D eigenvalue weighted by Gasteiger charge is 2.19. The predicted octanol–water partition coefficient (Wildman–Crippen LogP) is 2.89. The lowest BCUT2D eigenvalue weighted by atomic mass is 10.0. The zero-order valence-electron chi connectivity index (χ0n) is 12.1. The van der Waals surface area contributed by atoms with Gasteiger partial charge in [-0.15, -0.1) is 0 Å². The second kappa shape index (κ2) is 6.43. The Labute approximate surface area is 128 Å². The van der Waals surface area contributed by atoms with E-state index in [1.165, 1.54) is 6.26 Å². The summed E-state index contributed by atoms with van der Waals surface area (Å²) >= 11 is 0. The molecule has 0 fully saturated rings. The third-order valence-electron chi connectivity index (χ3n) is 3.62. The van der Waals surface area contributed by atoms with E-state index in [9.17, 15) is 9.59 Å². The Morgan fingerprint density at radius 1 is 1.23 bits per heavy atom. The lowest BCUT2D eigenvalue weighted by molar-refractivity contribution is -0.139. The number of carbonyl (C=O) groups is 2. The number of hydrogen-bond donors (Lipinski definition) is 0. The Balaban J connectivity index is 1.50. The van der Waals surface area contributed by atoms with Crippen LogP contribution in [-0.2, 0) is 20.7 Å². The molecule has 0 N–H and O–H groups in total. The van der Waals surface area contributed by atoms with Crippen molar-refractivity contribution in [2.24, 2.45) is 0 Å². The van der Waals surface area contributed by atoms with Gasteiger partial charge in [0.05, 0.1) is 12.2 Å². The van der Waals surface area contributed by atoms with Crippen molar-refractivity contribution in [2.75, 3.05) is 6.61 Å². The van der Waals surface area contributed by atoms with Crippen molar-refractivity contribution in [3.63, 3.8) is 0 Å². The number of benzene rings is 1. The molecular formula is C18H16O4. The minimum absolute atomic E-state index is 0.101. The number of para-hydroxylation sites is 1. The number of hydrogen-bond acceptors (Lipinski definition) is 4. The smallest absolute Gasteiger partial charge is 0.337 e. The molecule has 1 aromatic rings. The predicted molar refractivity (Wildman–Crippen MR) is 81.3 cm³/mol. The Bertz CT molecular complexity index is 695.